The Kier molecular flexibility index (Phi) is 5.12. The number of esters is 2. The predicted molar refractivity (Wildman–Crippen MR) is 92.2 cm³/mol. The van der Waals surface area contributed by atoms with Gasteiger partial charge in [-0.1, -0.05) is 24.3 Å². The summed E-state index contributed by atoms with van der Waals surface area (Å²) in [6.45, 7) is 1.61. The molecule has 8 nitrogen and oxygen atoms in total. The SMILES string of the molecule is CCOC(=O)C1=C(COC(=O)c2ccc3ccccc3n2)NC(=O)NC1. The molecule has 0 saturated carbocycles. The molecule has 2 heterocycles. The third kappa shape index (κ3) is 3.80. The molecule has 2 amide bonds. The fourth-order valence-electron chi connectivity index (χ4n) is 2.46. The third-order valence-electron chi connectivity index (χ3n) is 3.73. The molecule has 2 N–H and O–H groups in total. The number of hydrogen-bond donors (Lipinski definition) is 2. The number of benzene rings is 1. The second kappa shape index (κ2) is 7.64. The first-order chi connectivity index (χ1) is 12.6. The van der Waals surface area contributed by atoms with Gasteiger partial charge in [-0.3, -0.25) is 0 Å². The predicted octanol–water partition coefficient (Wildman–Crippen LogP) is 1.52. The van der Waals surface area contributed by atoms with Crippen LogP contribution in [-0.2, 0) is 14.3 Å². The van der Waals surface area contributed by atoms with Gasteiger partial charge < -0.3 is 20.1 Å². The monoisotopic (exact) mass is 355 g/mol. The van der Waals surface area contributed by atoms with Crippen LogP contribution in [0.4, 0.5) is 4.79 Å². The zero-order chi connectivity index (χ0) is 18.5. The molecule has 8 heteroatoms. The average molecular weight is 355 g/mol. The van der Waals surface area contributed by atoms with Crippen LogP contribution in [0.15, 0.2) is 47.7 Å². The van der Waals surface area contributed by atoms with Crippen molar-refractivity contribution >= 4 is 28.9 Å². The third-order valence-corrected chi connectivity index (χ3v) is 3.73. The Morgan fingerprint density at radius 1 is 1.12 bits per heavy atom. The molecular weight excluding hydrogens is 338 g/mol. The maximum absolute atomic E-state index is 12.3. The van der Waals surface area contributed by atoms with E-state index in [4.69, 9.17) is 9.47 Å². The molecule has 0 unspecified atom stereocenters. The zero-order valence-corrected chi connectivity index (χ0v) is 14.1. The van der Waals surface area contributed by atoms with E-state index in [1.165, 1.54) is 0 Å². The minimum absolute atomic E-state index is 0.00573. The molecule has 0 aliphatic carbocycles. The molecule has 0 spiro atoms. The van der Waals surface area contributed by atoms with E-state index in [-0.39, 0.29) is 36.7 Å². The second-order valence-corrected chi connectivity index (χ2v) is 5.45. The van der Waals surface area contributed by atoms with E-state index in [1.54, 1.807) is 25.1 Å². The molecule has 1 aromatic carbocycles. The van der Waals surface area contributed by atoms with Crippen LogP contribution in [0, 0.1) is 0 Å². The average Bonchev–Trinajstić information content (AvgIpc) is 2.66. The van der Waals surface area contributed by atoms with Crippen molar-refractivity contribution in [1.82, 2.24) is 15.6 Å². The lowest BCUT2D eigenvalue weighted by Gasteiger charge is -2.21. The number of rotatable bonds is 5. The van der Waals surface area contributed by atoms with E-state index in [1.807, 2.05) is 18.2 Å². The van der Waals surface area contributed by atoms with Gasteiger partial charge in [-0.15, -0.1) is 0 Å². The first-order valence-electron chi connectivity index (χ1n) is 8.05. The van der Waals surface area contributed by atoms with E-state index < -0.39 is 18.0 Å². The molecule has 3 rings (SSSR count). The Morgan fingerprint density at radius 2 is 1.92 bits per heavy atom. The van der Waals surface area contributed by atoms with Crippen molar-refractivity contribution in [3.63, 3.8) is 0 Å². The van der Waals surface area contributed by atoms with Crippen molar-refractivity contribution in [1.29, 1.82) is 0 Å². The van der Waals surface area contributed by atoms with Crippen molar-refractivity contribution in [2.75, 3.05) is 19.8 Å². The number of nitrogens with one attached hydrogen (secondary N) is 2. The second-order valence-electron chi connectivity index (χ2n) is 5.45. The molecule has 2 aromatic rings. The van der Waals surface area contributed by atoms with Crippen LogP contribution in [0.5, 0.6) is 0 Å². The van der Waals surface area contributed by atoms with Gasteiger partial charge in [0.15, 0.2) is 0 Å². The number of carbonyl (C=O) groups excluding carboxylic acids is 3. The molecule has 134 valence electrons. The van der Waals surface area contributed by atoms with Gasteiger partial charge in [0.2, 0.25) is 0 Å². The summed E-state index contributed by atoms with van der Waals surface area (Å²) in [5, 5.41) is 5.86. The number of pyridine rings is 1. The van der Waals surface area contributed by atoms with E-state index >= 15 is 0 Å². The highest BCUT2D eigenvalue weighted by Crippen LogP contribution is 2.13. The Morgan fingerprint density at radius 3 is 2.73 bits per heavy atom. The number of carbonyl (C=O) groups is 3. The quantitative estimate of drug-likeness (QED) is 0.788. The molecule has 1 aromatic heterocycles. The number of urea groups is 1. The van der Waals surface area contributed by atoms with Crippen LogP contribution in [0.2, 0.25) is 0 Å². The highest BCUT2D eigenvalue weighted by Gasteiger charge is 2.24. The number of nitrogens with zero attached hydrogens (tertiary/aromatic N) is 1. The summed E-state index contributed by atoms with van der Waals surface area (Å²) in [4.78, 5) is 40.0. The number of hydrogen-bond acceptors (Lipinski definition) is 6. The molecule has 0 saturated heterocycles. The maximum Gasteiger partial charge on any atom is 0.357 e. The van der Waals surface area contributed by atoms with E-state index in [0.29, 0.717) is 5.52 Å². The van der Waals surface area contributed by atoms with Crippen LogP contribution in [0.25, 0.3) is 10.9 Å². The first kappa shape index (κ1) is 17.4. The van der Waals surface area contributed by atoms with E-state index in [0.717, 1.165) is 5.39 Å². The lowest BCUT2D eigenvalue weighted by Crippen LogP contribution is -2.45. The van der Waals surface area contributed by atoms with Gasteiger partial charge in [0, 0.05) is 5.39 Å². The highest BCUT2D eigenvalue weighted by atomic mass is 16.5. The van der Waals surface area contributed by atoms with Crippen molar-refractivity contribution in [3.05, 3.63) is 53.4 Å². The first-order valence-corrected chi connectivity index (χ1v) is 8.05. The standard InChI is InChI=1S/C18H17N3O5/c1-2-25-16(22)12-9-19-18(24)21-15(12)10-26-17(23)14-8-7-11-5-3-4-6-13(11)20-14/h3-8H,2,9-10H2,1H3,(H2,19,21,24). The van der Waals surface area contributed by atoms with Gasteiger partial charge in [-0.05, 0) is 19.1 Å². The Hall–Kier alpha value is -3.42. The van der Waals surface area contributed by atoms with Gasteiger partial charge in [0.05, 0.1) is 29.9 Å². The normalized spacial score (nSPS) is 13.8. The molecule has 0 radical (unpaired) electrons. The van der Waals surface area contributed by atoms with Crippen molar-refractivity contribution < 1.29 is 23.9 Å². The summed E-state index contributed by atoms with van der Waals surface area (Å²) in [6, 6.07) is 10.2. The topological polar surface area (TPSA) is 107 Å². The molecule has 1 aliphatic heterocycles. The summed E-state index contributed by atoms with van der Waals surface area (Å²) in [5.74, 6) is -1.23. The van der Waals surface area contributed by atoms with Crippen LogP contribution in [0.3, 0.4) is 0 Å². The summed E-state index contributed by atoms with van der Waals surface area (Å²) in [7, 11) is 0. The molecule has 0 bridgehead atoms. The van der Waals surface area contributed by atoms with Crippen molar-refractivity contribution in [2.45, 2.75) is 6.92 Å². The lowest BCUT2D eigenvalue weighted by molar-refractivity contribution is -0.138. The number of fused-ring (bicyclic) bond motifs is 1. The fourth-order valence-corrected chi connectivity index (χ4v) is 2.46. The number of ether oxygens (including phenoxy) is 2. The van der Waals surface area contributed by atoms with Crippen LogP contribution >= 0.6 is 0 Å². The smallest absolute Gasteiger partial charge is 0.357 e. The van der Waals surface area contributed by atoms with Gasteiger partial charge in [0.25, 0.3) is 0 Å². The minimum atomic E-state index is -0.653. The van der Waals surface area contributed by atoms with Gasteiger partial charge in [-0.2, -0.15) is 0 Å². The summed E-state index contributed by atoms with van der Waals surface area (Å²) in [5.41, 5.74) is 1.22. The van der Waals surface area contributed by atoms with Crippen LogP contribution in [-0.4, -0.2) is 42.7 Å². The van der Waals surface area contributed by atoms with Gasteiger partial charge >= 0.3 is 18.0 Å². The van der Waals surface area contributed by atoms with E-state index in [2.05, 4.69) is 15.6 Å². The Labute approximate surface area is 149 Å². The molecule has 26 heavy (non-hydrogen) atoms. The van der Waals surface area contributed by atoms with Crippen molar-refractivity contribution in [2.24, 2.45) is 0 Å². The minimum Gasteiger partial charge on any atom is -0.463 e. The number of aromatic nitrogens is 1. The highest BCUT2D eigenvalue weighted by molar-refractivity contribution is 5.94. The maximum atomic E-state index is 12.3. The van der Waals surface area contributed by atoms with E-state index in [9.17, 15) is 14.4 Å². The molecule has 0 atom stereocenters. The Bertz CT molecular complexity index is 907. The molecular formula is C18H17N3O5. The van der Waals surface area contributed by atoms with Crippen LogP contribution in [0.1, 0.15) is 17.4 Å². The fraction of sp³-hybridized carbons (Fsp3) is 0.222. The molecule has 1 aliphatic rings. The number of amides is 2. The van der Waals surface area contributed by atoms with Gasteiger partial charge in [0.1, 0.15) is 12.3 Å². The van der Waals surface area contributed by atoms with Crippen molar-refractivity contribution in [3.8, 4) is 0 Å². The molecule has 0 fully saturated rings. The zero-order valence-electron chi connectivity index (χ0n) is 14.1. The summed E-state index contributed by atoms with van der Waals surface area (Å²) in [6.07, 6.45) is 0. The summed E-state index contributed by atoms with van der Waals surface area (Å²) < 4.78 is 10.2. The number of para-hydroxylation sites is 1. The lowest BCUT2D eigenvalue weighted by atomic mass is 10.1. The van der Waals surface area contributed by atoms with Gasteiger partial charge in [-0.25, -0.2) is 19.4 Å². The summed E-state index contributed by atoms with van der Waals surface area (Å²) >= 11 is 0. The largest absolute Gasteiger partial charge is 0.463 e. The van der Waals surface area contributed by atoms with Crippen LogP contribution < -0.4 is 10.6 Å². The Balaban J connectivity index is 1.75.